The summed E-state index contributed by atoms with van der Waals surface area (Å²) in [7, 11) is 0. The maximum atomic E-state index is 11.2. The summed E-state index contributed by atoms with van der Waals surface area (Å²) in [6, 6.07) is 0. The summed E-state index contributed by atoms with van der Waals surface area (Å²) < 4.78 is 33.7. The third-order valence-electron chi connectivity index (χ3n) is 0.551. The molecular weight excluding hydrogens is 153 g/mol. The zero-order chi connectivity index (χ0) is 8.36. The van der Waals surface area contributed by atoms with Crippen molar-refractivity contribution in [1.29, 1.82) is 0 Å². The van der Waals surface area contributed by atoms with Gasteiger partial charge in [-0.1, -0.05) is 0 Å². The van der Waals surface area contributed by atoms with Crippen LogP contribution in [0.3, 0.4) is 0 Å². The molecule has 58 valence electrons. The van der Waals surface area contributed by atoms with Crippen LogP contribution >= 0.6 is 0 Å². The summed E-state index contributed by atoms with van der Waals surface area (Å²) in [4.78, 5) is 9.52. The molecule has 0 aromatic heterocycles. The molecule has 0 saturated carbocycles. The van der Waals surface area contributed by atoms with Gasteiger partial charge in [-0.3, -0.25) is 0 Å². The fourth-order valence-electron chi connectivity index (χ4n) is 0.199. The van der Waals surface area contributed by atoms with Crippen molar-refractivity contribution in [3.63, 3.8) is 0 Å². The Hall–Kier alpha value is -1.20. The normalized spacial score (nSPS) is 13.3. The zero-order valence-electron chi connectivity index (χ0n) is 4.51. The Kier molecular flexibility index (Phi) is 2.28. The van der Waals surface area contributed by atoms with E-state index in [4.69, 9.17) is 10.2 Å². The number of carbonyl (C=O) groups is 1. The lowest BCUT2D eigenvalue weighted by Crippen LogP contribution is -2.12. The van der Waals surface area contributed by atoms with E-state index in [1.54, 1.807) is 0 Å². The lowest BCUT2D eigenvalue weighted by atomic mass is 10.4. The van der Waals surface area contributed by atoms with Crippen LogP contribution in [0.15, 0.2) is 11.8 Å². The first-order chi connectivity index (χ1) is 4.34. The second kappa shape index (κ2) is 2.59. The van der Waals surface area contributed by atoms with Gasteiger partial charge in [-0.25, -0.2) is 4.79 Å². The lowest BCUT2D eigenvalue weighted by Gasteiger charge is -2.01. The highest BCUT2D eigenvalue weighted by Gasteiger charge is 2.34. The minimum atomic E-state index is -4.97. The monoisotopic (exact) mass is 156 g/mol. The van der Waals surface area contributed by atoms with Gasteiger partial charge in [0.05, 0.1) is 6.08 Å². The second-order valence-corrected chi connectivity index (χ2v) is 1.37. The van der Waals surface area contributed by atoms with Gasteiger partial charge >= 0.3 is 12.1 Å². The summed E-state index contributed by atoms with van der Waals surface area (Å²) in [6.45, 7) is 0. The molecule has 0 radical (unpaired) electrons. The van der Waals surface area contributed by atoms with Crippen molar-refractivity contribution in [2.45, 2.75) is 6.18 Å². The van der Waals surface area contributed by atoms with Gasteiger partial charge in [-0.2, -0.15) is 13.2 Å². The van der Waals surface area contributed by atoms with Gasteiger partial charge < -0.3 is 10.2 Å². The predicted molar refractivity (Wildman–Crippen MR) is 24.4 cm³/mol. The number of aliphatic hydroxyl groups is 1. The highest BCUT2D eigenvalue weighted by atomic mass is 19.4. The number of rotatable bonds is 1. The second-order valence-electron chi connectivity index (χ2n) is 1.37. The van der Waals surface area contributed by atoms with Crippen molar-refractivity contribution in [2.24, 2.45) is 0 Å². The summed E-state index contributed by atoms with van der Waals surface area (Å²) >= 11 is 0. The fourth-order valence-corrected chi connectivity index (χ4v) is 0.199. The molecule has 0 saturated heterocycles. The molecule has 0 heterocycles. The number of hydrogen-bond donors (Lipinski definition) is 2. The first kappa shape index (κ1) is 8.80. The molecule has 3 nitrogen and oxygen atoms in total. The van der Waals surface area contributed by atoms with E-state index in [1.165, 1.54) is 0 Å². The van der Waals surface area contributed by atoms with Crippen molar-refractivity contribution in [1.82, 2.24) is 0 Å². The minimum absolute atomic E-state index is 0.319. The first-order valence-corrected chi connectivity index (χ1v) is 2.05. The number of aliphatic hydroxyl groups excluding tert-OH is 1. The Balaban J connectivity index is 4.35. The molecule has 0 amide bonds. The van der Waals surface area contributed by atoms with E-state index in [0.29, 0.717) is 0 Å². The molecular formula is C4H3F3O3. The molecule has 0 unspecified atom stereocenters. The minimum Gasteiger partial charge on any atom is -0.504 e. The van der Waals surface area contributed by atoms with Gasteiger partial charge in [0.15, 0.2) is 0 Å². The number of alkyl halides is 3. The number of carboxylic acid groups (broad SMARTS) is 1. The van der Waals surface area contributed by atoms with Crippen molar-refractivity contribution in [2.75, 3.05) is 0 Å². The van der Waals surface area contributed by atoms with Crippen molar-refractivity contribution >= 4 is 5.97 Å². The molecule has 0 bridgehead atoms. The van der Waals surface area contributed by atoms with Crippen LogP contribution in [0.5, 0.6) is 0 Å². The fraction of sp³-hybridized carbons (Fsp3) is 0.250. The van der Waals surface area contributed by atoms with Crippen LogP contribution in [0.1, 0.15) is 0 Å². The van der Waals surface area contributed by atoms with Gasteiger partial charge in [0, 0.05) is 0 Å². The molecule has 6 heteroatoms. The summed E-state index contributed by atoms with van der Waals surface area (Å²) in [5, 5.41) is 15.6. The Morgan fingerprint density at radius 1 is 1.30 bits per heavy atom. The van der Waals surface area contributed by atoms with E-state index in [2.05, 4.69) is 0 Å². The Bertz CT molecular complexity index is 169. The van der Waals surface area contributed by atoms with Crippen LogP contribution in [0, 0.1) is 0 Å². The van der Waals surface area contributed by atoms with Gasteiger partial charge in [-0.15, -0.1) is 0 Å². The molecule has 0 aliphatic carbocycles. The topological polar surface area (TPSA) is 57.5 Å². The predicted octanol–water partition coefficient (Wildman–Crippen LogP) is 1.08. The standard InChI is InChI=1S/C4H3F3O3/c5-4(6,7)2(8)1-3(9)10/h1,8H,(H,9,10)/b2-1+. The summed E-state index contributed by atoms with van der Waals surface area (Å²) in [5.74, 6) is -3.95. The quantitative estimate of drug-likeness (QED) is 0.441. The first-order valence-electron chi connectivity index (χ1n) is 2.05. The van der Waals surface area contributed by atoms with Crippen molar-refractivity contribution in [3.8, 4) is 0 Å². The number of carboxylic acids is 1. The maximum Gasteiger partial charge on any atom is 0.448 e. The van der Waals surface area contributed by atoms with E-state index < -0.39 is 17.9 Å². The smallest absolute Gasteiger partial charge is 0.448 e. The molecule has 0 rings (SSSR count). The molecule has 2 N–H and O–H groups in total. The van der Waals surface area contributed by atoms with E-state index in [-0.39, 0.29) is 6.08 Å². The molecule has 0 aromatic carbocycles. The van der Waals surface area contributed by atoms with Crippen LogP contribution in [0.4, 0.5) is 13.2 Å². The van der Waals surface area contributed by atoms with Crippen molar-refractivity contribution < 1.29 is 28.2 Å². The van der Waals surface area contributed by atoms with E-state index >= 15 is 0 Å². The van der Waals surface area contributed by atoms with Crippen LogP contribution in [0.25, 0.3) is 0 Å². The molecule has 0 fully saturated rings. The SMILES string of the molecule is O=C(O)/C=C(/O)C(F)(F)F. The molecule has 0 aliphatic rings. The number of halogens is 3. The molecule has 0 aliphatic heterocycles. The van der Waals surface area contributed by atoms with Gasteiger partial charge in [0.1, 0.15) is 0 Å². The summed E-state index contributed by atoms with van der Waals surface area (Å²) in [5.41, 5.74) is 0. The van der Waals surface area contributed by atoms with E-state index in [9.17, 15) is 18.0 Å². The van der Waals surface area contributed by atoms with Crippen LogP contribution in [-0.2, 0) is 4.79 Å². The average Bonchev–Trinajstić information content (AvgIpc) is 1.60. The lowest BCUT2D eigenvalue weighted by molar-refractivity contribution is -0.136. The van der Waals surface area contributed by atoms with Gasteiger partial charge in [0.25, 0.3) is 0 Å². The highest BCUT2D eigenvalue weighted by molar-refractivity contribution is 5.80. The van der Waals surface area contributed by atoms with Crippen LogP contribution in [0.2, 0.25) is 0 Å². The number of hydrogen-bond acceptors (Lipinski definition) is 2. The third-order valence-corrected chi connectivity index (χ3v) is 0.551. The molecule has 0 spiro atoms. The number of aliphatic carboxylic acids is 1. The Labute approximate surface area is 53.4 Å². The maximum absolute atomic E-state index is 11.2. The van der Waals surface area contributed by atoms with Crippen molar-refractivity contribution in [3.05, 3.63) is 11.8 Å². The van der Waals surface area contributed by atoms with E-state index in [1.807, 2.05) is 0 Å². The average molecular weight is 156 g/mol. The molecule has 0 atom stereocenters. The Morgan fingerprint density at radius 3 is 1.80 bits per heavy atom. The highest BCUT2D eigenvalue weighted by Crippen LogP contribution is 2.22. The van der Waals surface area contributed by atoms with E-state index in [0.717, 1.165) is 0 Å². The Morgan fingerprint density at radius 2 is 1.70 bits per heavy atom. The molecule has 0 aromatic rings. The largest absolute Gasteiger partial charge is 0.504 e. The van der Waals surface area contributed by atoms with Gasteiger partial charge in [-0.05, 0) is 0 Å². The van der Waals surface area contributed by atoms with Gasteiger partial charge in [0.2, 0.25) is 5.76 Å². The zero-order valence-corrected chi connectivity index (χ0v) is 4.51. The van der Waals surface area contributed by atoms with Crippen LogP contribution in [-0.4, -0.2) is 22.4 Å². The number of allylic oxidation sites excluding steroid dienone is 1. The molecule has 10 heavy (non-hydrogen) atoms. The van der Waals surface area contributed by atoms with Crippen LogP contribution < -0.4 is 0 Å². The summed E-state index contributed by atoms with van der Waals surface area (Å²) in [6.07, 6.45) is -5.29. The third kappa shape index (κ3) is 2.95.